The van der Waals surface area contributed by atoms with Crippen LogP contribution in [0.5, 0.6) is 5.75 Å². The highest BCUT2D eigenvalue weighted by Crippen LogP contribution is 2.19. The van der Waals surface area contributed by atoms with E-state index < -0.39 is 15.8 Å². The van der Waals surface area contributed by atoms with Gasteiger partial charge in [0.25, 0.3) is 0 Å². The summed E-state index contributed by atoms with van der Waals surface area (Å²) in [4.78, 5) is 2.29. The lowest BCUT2D eigenvalue weighted by Gasteiger charge is -2.29. The molecule has 146 valence electrons. The summed E-state index contributed by atoms with van der Waals surface area (Å²) in [6, 6.07) is 13.3. The monoisotopic (exact) mass is 392 g/mol. The van der Waals surface area contributed by atoms with Gasteiger partial charge in [0.05, 0.1) is 5.75 Å². The fourth-order valence-corrected chi connectivity index (χ4v) is 4.18. The largest absolute Gasteiger partial charge is 0.490 e. The fraction of sp³-hybridized carbons (Fsp3) is 0.400. The highest BCUT2D eigenvalue weighted by atomic mass is 32.2. The maximum Gasteiger partial charge on any atom is 0.216 e. The topological polar surface area (TPSA) is 58.6 Å². The number of hydrogen-bond acceptors (Lipinski definition) is 4. The van der Waals surface area contributed by atoms with Crippen molar-refractivity contribution in [2.45, 2.75) is 31.2 Å². The van der Waals surface area contributed by atoms with Crippen LogP contribution in [-0.2, 0) is 22.3 Å². The van der Waals surface area contributed by atoms with Crippen LogP contribution in [0.1, 0.15) is 24.0 Å². The molecule has 0 unspecified atom stereocenters. The van der Waals surface area contributed by atoms with Gasteiger partial charge in [-0.1, -0.05) is 30.3 Å². The van der Waals surface area contributed by atoms with Crippen LogP contribution in [-0.4, -0.2) is 39.6 Å². The Kier molecular flexibility index (Phi) is 6.46. The minimum absolute atomic E-state index is 0.158. The molecule has 2 aromatic rings. The van der Waals surface area contributed by atoms with Gasteiger partial charge in [-0.15, -0.1) is 0 Å². The van der Waals surface area contributed by atoms with Gasteiger partial charge in [0.2, 0.25) is 10.0 Å². The molecule has 3 rings (SSSR count). The summed E-state index contributed by atoms with van der Waals surface area (Å²) in [5.41, 5.74) is 0.981. The summed E-state index contributed by atoms with van der Waals surface area (Å²) in [6.45, 7) is 2.23. The first-order chi connectivity index (χ1) is 12.9. The van der Waals surface area contributed by atoms with E-state index in [1.54, 1.807) is 6.07 Å². The number of nitrogens with one attached hydrogen (secondary N) is 1. The van der Waals surface area contributed by atoms with Crippen molar-refractivity contribution in [1.29, 1.82) is 0 Å². The maximum atomic E-state index is 13.6. The van der Waals surface area contributed by atoms with Gasteiger partial charge in [-0.3, -0.25) is 0 Å². The van der Waals surface area contributed by atoms with Crippen molar-refractivity contribution in [3.8, 4) is 5.75 Å². The zero-order valence-corrected chi connectivity index (χ0v) is 16.2. The lowest BCUT2D eigenvalue weighted by Crippen LogP contribution is -2.35. The second-order valence-corrected chi connectivity index (χ2v) is 8.74. The minimum atomic E-state index is -3.62. The molecule has 0 saturated carbocycles. The molecule has 0 aliphatic carbocycles. The summed E-state index contributed by atoms with van der Waals surface area (Å²) in [5, 5.41) is 0. The summed E-state index contributed by atoms with van der Waals surface area (Å²) in [6.07, 6.45) is 2.24. The van der Waals surface area contributed by atoms with E-state index in [1.807, 2.05) is 24.3 Å². The number of hydrogen-bond donors (Lipinski definition) is 1. The number of likely N-dealkylation sites (tertiary alicyclic amines) is 1. The first kappa shape index (κ1) is 19.8. The van der Waals surface area contributed by atoms with E-state index in [0.29, 0.717) is 0 Å². The van der Waals surface area contributed by atoms with E-state index in [9.17, 15) is 12.8 Å². The predicted molar refractivity (Wildman–Crippen MR) is 103 cm³/mol. The Morgan fingerprint density at radius 1 is 1.11 bits per heavy atom. The maximum absolute atomic E-state index is 13.6. The number of halogens is 1. The van der Waals surface area contributed by atoms with Crippen molar-refractivity contribution in [3.63, 3.8) is 0 Å². The molecule has 1 aliphatic heterocycles. The zero-order chi connectivity index (χ0) is 19.3. The van der Waals surface area contributed by atoms with Crippen molar-refractivity contribution >= 4 is 10.0 Å². The third-order valence-corrected chi connectivity index (χ3v) is 5.97. The molecule has 0 aromatic heterocycles. The van der Waals surface area contributed by atoms with E-state index in [0.717, 1.165) is 37.2 Å². The molecule has 0 radical (unpaired) electrons. The van der Waals surface area contributed by atoms with Gasteiger partial charge in [-0.2, -0.15) is 0 Å². The molecule has 5 nitrogen and oxygen atoms in total. The summed E-state index contributed by atoms with van der Waals surface area (Å²) in [7, 11) is -1.51. The van der Waals surface area contributed by atoms with E-state index in [1.165, 1.54) is 18.2 Å². The number of rotatable bonds is 7. The van der Waals surface area contributed by atoms with E-state index >= 15 is 0 Å². The van der Waals surface area contributed by atoms with Crippen LogP contribution in [0, 0.1) is 5.82 Å². The molecule has 1 heterocycles. The predicted octanol–water partition coefficient (Wildman–Crippen LogP) is 2.92. The molecule has 7 heteroatoms. The Bertz CT molecular complexity index is 848. The van der Waals surface area contributed by atoms with Gasteiger partial charge in [-0.05, 0) is 43.7 Å². The highest BCUT2D eigenvalue weighted by molar-refractivity contribution is 7.88. The normalized spacial score (nSPS) is 16.4. The highest BCUT2D eigenvalue weighted by Gasteiger charge is 2.18. The van der Waals surface area contributed by atoms with Crippen LogP contribution < -0.4 is 9.46 Å². The van der Waals surface area contributed by atoms with Crippen molar-refractivity contribution in [2.24, 2.45) is 0 Å². The molecule has 0 spiro atoms. The number of benzene rings is 2. The molecule has 0 amide bonds. The quantitative estimate of drug-likeness (QED) is 0.787. The van der Waals surface area contributed by atoms with Crippen molar-refractivity contribution < 1.29 is 17.5 Å². The molecule has 0 atom stereocenters. The lowest BCUT2D eigenvalue weighted by molar-refractivity contribution is 0.114. The minimum Gasteiger partial charge on any atom is -0.490 e. The number of piperidine rings is 1. The van der Waals surface area contributed by atoms with E-state index in [4.69, 9.17) is 4.74 Å². The molecule has 1 aliphatic rings. The Balaban J connectivity index is 1.51. The van der Waals surface area contributed by atoms with Crippen LogP contribution in [0.25, 0.3) is 0 Å². The van der Waals surface area contributed by atoms with Gasteiger partial charge < -0.3 is 9.64 Å². The number of nitrogens with zero attached hydrogens (tertiary/aromatic N) is 1. The first-order valence-electron chi connectivity index (χ1n) is 9.06. The Morgan fingerprint density at radius 2 is 1.78 bits per heavy atom. The van der Waals surface area contributed by atoms with Gasteiger partial charge in [0.15, 0.2) is 0 Å². The molecule has 2 aromatic carbocycles. The molecule has 1 fully saturated rings. The first-order valence-corrected chi connectivity index (χ1v) is 10.7. The molecule has 1 N–H and O–H groups in total. The average molecular weight is 392 g/mol. The van der Waals surface area contributed by atoms with Gasteiger partial charge in [0, 0.05) is 25.2 Å². The molecule has 0 bridgehead atoms. The number of sulfonamides is 1. The van der Waals surface area contributed by atoms with Crippen molar-refractivity contribution in [2.75, 3.05) is 20.1 Å². The van der Waals surface area contributed by atoms with Crippen LogP contribution in [0.4, 0.5) is 4.39 Å². The third kappa shape index (κ3) is 6.02. The molecular weight excluding hydrogens is 367 g/mol. The lowest BCUT2D eigenvalue weighted by atomic mass is 10.1. The molecule has 1 saturated heterocycles. The summed E-state index contributed by atoms with van der Waals surface area (Å²) < 4.78 is 46.5. The zero-order valence-electron chi connectivity index (χ0n) is 15.4. The Hall–Kier alpha value is -1.96. The fourth-order valence-electron chi connectivity index (χ4n) is 3.05. The second kappa shape index (κ2) is 8.82. The molecule has 27 heavy (non-hydrogen) atoms. The smallest absolute Gasteiger partial charge is 0.216 e. The Labute approximate surface area is 160 Å². The third-order valence-electron chi connectivity index (χ3n) is 4.69. The summed E-state index contributed by atoms with van der Waals surface area (Å²) in [5.74, 6) is -0.0995. The van der Waals surface area contributed by atoms with Crippen molar-refractivity contribution in [3.05, 3.63) is 65.5 Å². The van der Waals surface area contributed by atoms with Gasteiger partial charge in [-0.25, -0.2) is 17.5 Å². The van der Waals surface area contributed by atoms with Crippen LogP contribution >= 0.6 is 0 Å². The van der Waals surface area contributed by atoms with Crippen molar-refractivity contribution in [1.82, 2.24) is 9.62 Å². The summed E-state index contributed by atoms with van der Waals surface area (Å²) >= 11 is 0. The van der Waals surface area contributed by atoms with Gasteiger partial charge >= 0.3 is 0 Å². The standard InChI is InChI=1S/C20H25FN2O3S/c1-23-12-10-19(11-13-23)26-18-8-6-16(7-9-18)14-22-27(24,25)15-17-4-2-3-5-20(17)21/h2-9,19,22H,10-15H2,1H3. The average Bonchev–Trinajstić information content (AvgIpc) is 2.65. The van der Waals surface area contributed by atoms with Crippen LogP contribution in [0.3, 0.4) is 0 Å². The SMILES string of the molecule is CN1CCC(Oc2ccc(CNS(=O)(=O)Cc3ccccc3F)cc2)CC1. The number of ether oxygens (including phenoxy) is 1. The van der Waals surface area contributed by atoms with E-state index in [-0.39, 0.29) is 24.0 Å². The second-order valence-electron chi connectivity index (χ2n) is 6.94. The Morgan fingerprint density at radius 3 is 2.44 bits per heavy atom. The van der Waals surface area contributed by atoms with Crippen LogP contribution in [0.15, 0.2) is 48.5 Å². The van der Waals surface area contributed by atoms with E-state index in [2.05, 4.69) is 16.7 Å². The van der Waals surface area contributed by atoms with Gasteiger partial charge in [0.1, 0.15) is 17.7 Å². The van der Waals surface area contributed by atoms with Crippen LogP contribution in [0.2, 0.25) is 0 Å². The molecular formula is C20H25FN2O3S.